The van der Waals surface area contributed by atoms with E-state index < -0.39 is 0 Å². The molecule has 0 saturated heterocycles. The van der Waals surface area contributed by atoms with Crippen LogP contribution in [-0.4, -0.2) is 5.16 Å². The average molecular weight is 281 g/mol. The quantitative estimate of drug-likeness (QED) is 0.752. The van der Waals surface area contributed by atoms with E-state index in [9.17, 15) is 0 Å². The largest absolute Gasteiger partial charge is 0.399 e. The highest BCUT2D eigenvalue weighted by Gasteiger charge is 2.12. The number of rotatable bonds is 1. The lowest BCUT2D eigenvalue weighted by atomic mass is 10.0. The Morgan fingerprint density at radius 1 is 0.950 bits per heavy atom. The molecule has 0 aliphatic heterocycles. The summed E-state index contributed by atoms with van der Waals surface area (Å²) in [5, 5.41) is -0.0211. The molecule has 1 aliphatic rings. The number of hydrogen-bond acceptors (Lipinski definition) is 1. The number of allylic oxidation sites excluding steroid dienone is 6. The fourth-order valence-electron chi connectivity index (χ4n) is 1.99. The van der Waals surface area contributed by atoms with E-state index in [2.05, 4.69) is 58.7 Å². The van der Waals surface area contributed by atoms with Crippen molar-refractivity contribution in [1.29, 1.82) is 0 Å². The maximum absolute atomic E-state index is 5.79. The lowest BCUT2D eigenvalue weighted by Crippen LogP contribution is -2.06. The first-order valence-electron chi connectivity index (χ1n) is 6.64. The van der Waals surface area contributed by atoms with Crippen LogP contribution in [0.25, 0.3) is 5.57 Å². The summed E-state index contributed by atoms with van der Waals surface area (Å²) >= 11 is 0. The van der Waals surface area contributed by atoms with Gasteiger partial charge in [0.1, 0.15) is 0 Å². The summed E-state index contributed by atoms with van der Waals surface area (Å²) in [5.41, 5.74) is 8.92. The molecule has 102 valence electrons. The number of nitrogens with two attached hydrogens (primary N) is 1. The fourth-order valence-corrected chi connectivity index (χ4v) is 2.28. The smallest absolute Gasteiger partial charge is 0.0313 e. The lowest BCUT2D eigenvalue weighted by molar-refractivity contribution is 1.01. The van der Waals surface area contributed by atoms with Crippen LogP contribution in [0.5, 0.6) is 0 Å². The van der Waals surface area contributed by atoms with Gasteiger partial charge in [0.15, 0.2) is 0 Å². The Balaban J connectivity index is 2.50. The van der Waals surface area contributed by atoms with E-state index in [1.807, 2.05) is 36.4 Å². The summed E-state index contributed by atoms with van der Waals surface area (Å²) in [4.78, 5) is 0. The molecule has 0 amide bonds. The number of nitrogen functional groups attached to an aromatic ring is 1. The van der Waals surface area contributed by atoms with Crippen LogP contribution in [0.2, 0.25) is 0 Å². The Hall–Kier alpha value is -1.85. The molecule has 2 rings (SSSR count). The molecule has 1 aromatic carbocycles. The zero-order chi connectivity index (χ0) is 14.4. The Morgan fingerprint density at radius 3 is 2.20 bits per heavy atom. The van der Waals surface area contributed by atoms with Crippen molar-refractivity contribution < 1.29 is 0 Å². The first-order valence-corrected chi connectivity index (χ1v) is 7.21. The summed E-state index contributed by atoms with van der Waals surface area (Å²) in [5.74, 6) is 0. The van der Waals surface area contributed by atoms with Gasteiger partial charge in [-0.25, -0.2) is 0 Å². The van der Waals surface area contributed by atoms with Gasteiger partial charge < -0.3 is 5.73 Å². The second-order valence-corrected chi connectivity index (χ2v) is 6.32. The summed E-state index contributed by atoms with van der Waals surface area (Å²) in [6.45, 7) is 2.17. The zero-order valence-electron chi connectivity index (χ0n) is 11.7. The van der Waals surface area contributed by atoms with Crippen molar-refractivity contribution in [2.75, 3.05) is 5.73 Å². The van der Waals surface area contributed by atoms with E-state index in [0.717, 1.165) is 5.69 Å². The predicted octanol–water partition coefficient (Wildman–Crippen LogP) is 4.54. The molecular weight excluding hydrogens is 261 g/mol. The zero-order valence-corrected chi connectivity index (χ0v) is 12.8. The van der Waals surface area contributed by atoms with Gasteiger partial charge in [-0.1, -0.05) is 66.8 Å². The van der Waals surface area contributed by atoms with Gasteiger partial charge in [-0.05, 0) is 30.2 Å². The Bertz CT molecular complexity index is 595. The van der Waals surface area contributed by atoms with Crippen molar-refractivity contribution in [2.45, 2.75) is 12.1 Å². The minimum absolute atomic E-state index is 0.0211. The molecular formula is C18H20NP. The molecule has 0 fully saturated rings. The minimum Gasteiger partial charge on any atom is -0.399 e. The van der Waals surface area contributed by atoms with E-state index >= 15 is 0 Å². The maximum Gasteiger partial charge on any atom is 0.0313 e. The monoisotopic (exact) mass is 281 g/mol. The molecule has 0 aromatic heterocycles. The van der Waals surface area contributed by atoms with Crippen molar-refractivity contribution in [3.8, 4) is 0 Å². The van der Waals surface area contributed by atoms with Gasteiger partial charge in [0, 0.05) is 10.8 Å². The van der Waals surface area contributed by atoms with Gasteiger partial charge >= 0.3 is 0 Å². The van der Waals surface area contributed by atoms with E-state index in [4.69, 9.17) is 5.73 Å². The number of anilines is 1. The fraction of sp³-hybridized carbons (Fsp3) is 0.111. The Kier molecular flexibility index (Phi) is 4.76. The summed E-state index contributed by atoms with van der Waals surface area (Å²) < 4.78 is 0. The first kappa shape index (κ1) is 14.6. The molecule has 0 radical (unpaired) electrons. The third kappa shape index (κ3) is 4.36. The Labute approximate surface area is 123 Å². The summed E-state index contributed by atoms with van der Waals surface area (Å²) in [6, 6.07) is 15.9. The van der Waals surface area contributed by atoms with Gasteiger partial charge in [0.05, 0.1) is 0 Å². The van der Waals surface area contributed by atoms with Crippen LogP contribution in [0.1, 0.15) is 12.5 Å². The van der Waals surface area contributed by atoms with Crippen LogP contribution in [0, 0.1) is 0 Å². The van der Waals surface area contributed by atoms with Crippen molar-refractivity contribution in [3.05, 3.63) is 84.5 Å². The van der Waals surface area contributed by atoms with E-state index in [-0.39, 0.29) is 5.16 Å². The maximum atomic E-state index is 5.79. The van der Waals surface area contributed by atoms with Crippen LogP contribution in [0.4, 0.5) is 5.69 Å². The van der Waals surface area contributed by atoms with Crippen LogP contribution in [0.15, 0.2) is 78.9 Å². The predicted molar refractivity (Wildman–Crippen MR) is 92.9 cm³/mol. The summed E-state index contributed by atoms with van der Waals surface area (Å²) in [6.07, 6.45) is 10.7. The normalized spacial score (nSPS) is 20.8. The van der Waals surface area contributed by atoms with Gasteiger partial charge in [0.25, 0.3) is 0 Å². The Morgan fingerprint density at radius 2 is 1.55 bits per heavy atom. The molecule has 1 aliphatic carbocycles. The molecule has 2 unspecified atom stereocenters. The number of hydrogen-bond donors (Lipinski definition) is 1. The van der Waals surface area contributed by atoms with E-state index in [0.29, 0.717) is 0 Å². The molecule has 2 atom stereocenters. The molecule has 0 bridgehead atoms. The van der Waals surface area contributed by atoms with Crippen molar-refractivity contribution in [3.63, 3.8) is 0 Å². The van der Waals surface area contributed by atoms with Gasteiger partial charge in [-0.2, -0.15) is 0 Å². The highest BCUT2D eigenvalue weighted by molar-refractivity contribution is 7.19. The molecule has 2 N–H and O–H groups in total. The highest BCUT2D eigenvalue weighted by atomic mass is 31.0. The van der Waals surface area contributed by atoms with Crippen LogP contribution in [0.3, 0.4) is 0 Å². The van der Waals surface area contributed by atoms with Crippen LogP contribution < -0.4 is 5.73 Å². The van der Waals surface area contributed by atoms with Crippen molar-refractivity contribution in [2.24, 2.45) is 0 Å². The average Bonchev–Trinajstić information content (AvgIpc) is 2.58. The summed E-state index contributed by atoms with van der Waals surface area (Å²) in [7, 11) is 2.87. The molecule has 2 heteroatoms. The van der Waals surface area contributed by atoms with Gasteiger partial charge in [0.2, 0.25) is 0 Å². The molecule has 0 saturated carbocycles. The SMILES string of the molecule is CC1(P)C=CC=CC(c2ccccc(N)cccc2)=C1. The molecule has 0 heterocycles. The van der Waals surface area contributed by atoms with Gasteiger partial charge in [-0.3, -0.25) is 0 Å². The second kappa shape index (κ2) is 6.54. The molecule has 20 heavy (non-hydrogen) atoms. The molecule has 1 nitrogen and oxygen atoms in total. The van der Waals surface area contributed by atoms with Crippen molar-refractivity contribution >= 4 is 20.5 Å². The standard InChI is InChI=1S/C18H20NP/c1-18(20)13-7-6-10-16(14-18)15-8-2-4-11-17(19)12-5-3-9-15/h2-14H,19-20H2,1H3. The molecule has 0 spiro atoms. The lowest BCUT2D eigenvalue weighted by Gasteiger charge is -2.15. The van der Waals surface area contributed by atoms with E-state index in [1.165, 1.54) is 11.1 Å². The topological polar surface area (TPSA) is 26.0 Å². The minimum atomic E-state index is -0.0211. The van der Waals surface area contributed by atoms with Crippen molar-refractivity contribution in [1.82, 2.24) is 0 Å². The van der Waals surface area contributed by atoms with Crippen LogP contribution in [-0.2, 0) is 0 Å². The third-order valence-electron chi connectivity index (χ3n) is 2.99. The molecule has 1 aromatic rings. The third-order valence-corrected chi connectivity index (χ3v) is 3.35. The van der Waals surface area contributed by atoms with E-state index in [1.54, 1.807) is 0 Å². The second-order valence-electron chi connectivity index (χ2n) is 5.08. The first-order chi connectivity index (χ1) is 9.57. The highest BCUT2D eigenvalue weighted by Crippen LogP contribution is 2.29. The van der Waals surface area contributed by atoms with Gasteiger partial charge in [-0.15, -0.1) is 9.24 Å². The van der Waals surface area contributed by atoms with Crippen LogP contribution >= 0.6 is 9.24 Å².